The Morgan fingerprint density at radius 1 is 1.00 bits per heavy atom. The standard InChI is InChI=1S/C21H28F4O10S2/c22-20(23,21(24,25)37(30,31)32)8-4-5-9-33-19(27)14-12-10-13-16(35-36(28,29)17(13)14)15(12)34-18(26)11-6-2-1-3-7-11/h11-17H,1-10H2,(H,30,31,32)/p-1. The molecule has 0 aromatic rings. The number of rotatable bonds is 10. The number of unbranched alkanes of at least 4 members (excludes halogenated alkanes) is 1. The van der Waals surface area contributed by atoms with Crippen molar-refractivity contribution in [3.8, 4) is 0 Å². The van der Waals surface area contributed by atoms with E-state index in [2.05, 4.69) is 0 Å². The van der Waals surface area contributed by atoms with Gasteiger partial charge in [0, 0.05) is 18.3 Å². The summed E-state index contributed by atoms with van der Waals surface area (Å²) in [6, 6.07) is 0. The second-order valence-corrected chi connectivity index (χ2v) is 13.3. The lowest BCUT2D eigenvalue weighted by molar-refractivity contribution is -0.169. The molecule has 3 aliphatic carbocycles. The molecule has 0 aromatic carbocycles. The van der Waals surface area contributed by atoms with Crippen molar-refractivity contribution in [3.05, 3.63) is 0 Å². The second kappa shape index (κ2) is 9.90. The molecule has 0 spiro atoms. The molecule has 0 N–H and O–H groups in total. The Morgan fingerprint density at radius 3 is 2.27 bits per heavy atom. The van der Waals surface area contributed by atoms with E-state index in [-0.39, 0.29) is 18.8 Å². The summed E-state index contributed by atoms with van der Waals surface area (Å²) in [6.07, 6.45) is -0.276. The monoisotopic (exact) mass is 579 g/mol. The van der Waals surface area contributed by atoms with Crippen molar-refractivity contribution in [1.29, 1.82) is 0 Å². The number of hydrogen-bond acceptors (Lipinski definition) is 10. The summed E-state index contributed by atoms with van der Waals surface area (Å²) in [6.45, 7) is -0.540. The molecule has 0 amide bonds. The first-order valence-electron chi connectivity index (χ1n) is 12.1. The summed E-state index contributed by atoms with van der Waals surface area (Å²) in [5.74, 6) is -9.34. The zero-order chi connectivity index (χ0) is 27.4. The largest absolute Gasteiger partial charge is 0.743 e. The molecule has 1 heterocycles. The van der Waals surface area contributed by atoms with Crippen LogP contribution in [-0.4, -0.2) is 68.6 Å². The van der Waals surface area contributed by atoms with Gasteiger partial charge >= 0.3 is 23.1 Å². The summed E-state index contributed by atoms with van der Waals surface area (Å²) in [7, 11) is -10.8. The van der Waals surface area contributed by atoms with E-state index in [1.165, 1.54) is 0 Å². The molecule has 0 radical (unpaired) electrons. The topological polar surface area (TPSA) is 153 Å². The summed E-state index contributed by atoms with van der Waals surface area (Å²) in [5, 5.41) is -7.00. The Labute approximate surface area is 211 Å². The van der Waals surface area contributed by atoms with Crippen LogP contribution >= 0.6 is 0 Å². The fourth-order valence-corrected chi connectivity index (χ4v) is 8.59. The van der Waals surface area contributed by atoms with Crippen LogP contribution in [0.25, 0.3) is 0 Å². The average Bonchev–Trinajstić information content (AvgIpc) is 3.41. The van der Waals surface area contributed by atoms with E-state index in [0.29, 0.717) is 12.8 Å². The van der Waals surface area contributed by atoms with Crippen molar-refractivity contribution in [2.75, 3.05) is 6.61 Å². The molecule has 6 unspecified atom stereocenters. The van der Waals surface area contributed by atoms with Crippen LogP contribution in [0, 0.1) is 23.7 Å². The van der Waals surface area contributed by atoms with Crippen molar-refractivity contribution in [2.45, 2.75) is 86.4 Å². The van der Waals surface area contributed by atoms with Gasteiger partial charge in [0.25, 0.3) is 10.1 Å². The van der Waals surface area contributed by atoms with Crippen molar-refractivity contribution in [3.63, 3.8) is 0 Å². The van der Waals surface area contributed by atoms with E-state index in [1.807, 2.05) is 0 Å². The number of ether oxygens (including phenoxy) is 2. The third kappa shape index (κ3) is 5.10. The minimum absolute atomic E-state index is 0.252. The highest BCUT2D eigenvalue weighted by Gasteiger charge is 2.72. The molecule has 3 saturated carbocycles. The van der Waals surface area contributed by atoms with Crippen molar-refractivity contribution >= 4 is 32.2 Å². The lowest BCUT2D eigenvalue weighted by atomic mass is 9.84. The van der Waals surface area contributed by atoms with E-state index in [0.717, 1.165) is 19.3 Å². The Bertz CT molecular complexity index is 1120. The van der Waals surface area contributed by atoms with Gasteiger partial charge in [0.2, 0.25) is 0 Å². The fourth-order valence-electron chi connectivity index (χ4n) is 6.07. The summed E-state index contributed by atoms with van der Waals surface area (Å²) in [5.41, 5.74) is 0. The summed E-state index contributed by atoms with van der Waals surface area (Å²) >= 11 is 0. The van der Waals surface area contributed by atoms with Gasteiger partial charge in [-0.3, -0.25) is 13.8 Å². The van der Waals surface area contributed by atoms with Crippen molar-refractivity contribution in [1.82, 2.24) is 0 Å². The van der Waals surface area contributed by atoms with Gasteiger partial charge in [-0.15, -0.1) is 0 Å². The van der Waals surface area contributed by atoms with Crippen LogP contribution in [0.4, 0.5) is 17.6 Å². The number of fused-ring (bicyclic) bond motifs is 1. The molecule has 0 aromatic heterocycles. The number of carbonyl (C=O) groups excluding carboxylic acids is 2. The maximum absolute atomic E-state index is 13.5. The highest BCUT2D eigenvalue weighted by Crippen LogP contribution is 2.59. The minimum Gasteiger partial charge on any atom is -0.743 e. The van der Waals surface area contributed by atoms with Crippen LogP contribution in [0.5, 0.6) is 0 Å². The second-order valence-electron chi connectivity index (χ2n) is 10.1. The van der Waals surface area contributed by atoms with Gasteiger partial charge in [0.15, 0.2) is 10.1 Å². The van der Waals surface area contributed by atoms with Crippen molar-refractivity contribution < 1.29 is 62.2 Å². The van der Waals surface area contributed by atoms with Crippen LogP contribution in [-0.2, 0) is 43.5 Å². The molecule has 1 saturated heterocycles. The Hall–Kier alpha value is -1.52. The highest BCUT2D eigenvalue weighted by molar-refractivity contribution is 7.87. The molecule has 6 atom stereocenters. The molecule has 10 nitrogen and oxygen atoms in total. The van der Waals surface area contributed by atoms with E-state index < -0.39 is 98.0 Å². The zero-order valence-corrected chi connectivity index (χ0v) is 21.2. The smallest absolute Gasteiger partial charge is 0.396 e. The number of hydrogen-bond donors (Lipinski definition) is 0. The summed E-state index contributed by atoms with van der Waals surface area (Å²) in [4.78, 5) is 25.5. The number of carbonyl (C=O) groups is 2. The molecule has 212 valence electrons. The Balaban J connectivity index is 1.34. The van der Waals surface area contributed by atoms with Crippen LogP contribution in [0.15, 0.2) is 0 Å². The lowest BCUT2D eigenvalue weighted by Crippen LogP contribution is -2.47. The third-order valence-electron chi connectivity index (χ3n) is 7.86. The molecule has 4 fully saturated rings. The summed E-state index contributed by atoms with van der Waals surface area (Å²) < 4.78 is 126. The van der Waals surface area contributed by atoms with E-state index >= 15 is 0 Å². The molecule has 2 bridgehead atoms. The van der Waals surface area contributed by atoms with Gasteiger partial charge < -0.3 is 14.0 Å². The predicted molar refractivity (Wildman–Crippen MR) is 114 cm³/mol. The zero-order valence-electron chi connectivity index (χ0n) is 19.5. The normalized spacial score (nSPS) is 33.4. The first-order chi connectivity index (χ1) is 17.1. The average molecular weight is 580 g/mol. The van der Waals surface area contributed by atoms with Gasteiger partial charge in [-0.25, -0.2) is 8.42 Å². The van der Waals surface area contributed by atoms with Crippen LogP contribution in [0.2, 0.25) is 0 Å². The van der Waals surface area contributed by atoms with Crippen molar-refractivity contribution in [2.24, 2.45) is 23.7 Å². The first kappa shape index (κ1) is 28.5. The predicted octanol–water partition coefficient (Wildman–Crippen LogP) is 2.33. The third-order valence-corrected chi connectivity index (χ3v) is 10.6. The molecular formula is C21H27F4O10S2-. The molecule has 4 rings (SSSR count). The van der Waals surface area contributed by atoms with Gasteiger partial charge in [0.05, 0.1) is 18.4 Å². The van der Waals surface area contributed by atoms with E-state index in [9.17, 15) is 48.5 Å². The first-order valence-corrected chi connectivity index (χ1v) is 15.0. The number of halogens is 4. The van der Waals surface area contributed by atoms with E-state index in [4.69, 9.17) is 13.7 Å². The van der Waals surface area contributed by atoms with Gasteiger partial charge in [0.1, 0.15) is 17.5 Å². The fraction of sp³-hybridized carbons (Fsp3) is 0.905. The molecule has 4 aliphatic rings. The maximum atomic E-state index is 13.5. The quantitative estimate of drug-likeness (QED) is 0.124. The lowest BCUT2D eigenvalue weighted by Gasteiger charge is -2.31. The number of esters is 2. The van der Waals surface area contributed by atoms with Crippen LogP contribution in [0.3, 0.4) is 0 Å². The SMILES string of the molecule is O=C(OC1C2CC3C1OS(=O)(=O)C3C2C(=O)OCCCCC(F)(F)C(F)(F)S(=O)(=O)[O-])C1CCCCC1. The molecular weight excluding hydrogens is 552 g/mol. The molecule has 16 heteroatoms. The highest BCUT2D eigenvalue weighted by atomic mass is 32.2. The van der Waals surface area contributed by atoms with Gasteiger partial charge in [-0.1, -0.05) is 19.3 Å². The van der Waals surface area contributed by atoms with Crippen LogP contribution in [0.1, 0.15) is 57.8 Å². The Morgan fingerprint density at radius 2 is 1.65 bits per heavy atom. The minimum atomic E-state index is -6.59. The van der Waals surface area contributed by atoms with Gasteiger partial charge in [-0.05, 0) is 32.1 Å². The van der Waals surface area contributed by atoms with E-state index in [1.54, 1.807) is 0 Å². The number of alkyl halides is 4. The molecule has 1 aliphatic heterocycles. The molecule has 37 heavy (non-hydrogen) atoms. The van der Waals surface area contributed by atoms with Crippen LogP contribution < -0.4 is 0 Å². The van der Waals surface area contributed by atoms with Gasteiger partial charge in [-0.2, -0.15) is 26.0 Å². The maximum Gasteiger partial charge on any atom is 0.396 e. The Kier molecular flexibility index (Phi) is 7.62.